The van der Waals surface area contributed by atoms with E-state index < -0.39 is 0 Å². The summed E-state index contributed by atoms with van der Waals surface area (Å²) < 4.78 is 0. The number of carbonyl (C=O) groups is 2. The van der Waals surface area contributed by atoms with Crippen molar-refractivity contribution in [2.45, 2.75) is 13.8 Å². The molecule has 2 aromatic carbocycles. The van der Waals surface area contributed by atoms with E-state index in [1.807, 2.05) is 32.0 Å². The molecule has 0 heterocycles. The van der Waals surface area contributed by atoms with Gasteiger partial charge in [-0.05, 0) is 55.3 Å². The summed E-state index contributed by atoms with van der Waals surface area (Å²) in [6.07, 6.45) is 0. The molecule has 0 fully saturated rings. The molecular formula is C18H21N3O2. The van der Waals surface area contributed by atoms with E-state index in [1.165, 1.54) is 5.56 Å². The zero-order valence-corrected chi connectivity index (χ0v) is 13.6. The van der Waals surface area contributed by atoms with Crippen molar-refractivity contribution in [1.29, 1.82) is 0 Å². The summed E-state index contributed by atoms with van der Waals surface area (Å²) in [6.45, 7) is 4.24. The van der Waals surface area contributed by atoms with Gasteiger partial charge in [0.1, 0.15) is 0 Å². The second-order valence-corrected chi connectivity index (χ2v) is 5.31. The first kappa shape index (κ1) is 16.5. The number of anilines is 2. The van der Waals surface area contributed by atoms with E-state index in [0.717, 1.165) is 11.3 Å². The first-order chi connectivity index (χ1) is 11.0. The standard InChI is InChI=1S/C18H21N3O2/c1-12-5-4-6-16(13(12)2)20-11-17(22)21-15-9-7-14(8-10-15)18(23)19-3/h4-10,20H,11H2,1-3H3,(H,19,23)(H,21,22). The fourth-order valence-electron chi connectivity index (χ4n) is 2.17. The fraction of sp³-hybridized carbons (Fsp3) is 0.222. The van der Waals surface area contributed by atoms with Gasteiger partial charge in [-0.25, -0.2) is 0 Å². The van der Waals surface area contributed by atoms with Crippen LogP contribution in [0.1, 0.15) is 21.5 Å². The van der Waals surface area contributed by atoms with Crippen LogP contribution in [-0.4, -0.2) is 25.4 Å². The quantitative estimate of drug-likeness (QED) is 0.795. The number of nitrogens with one attached hydrogen (secondary N) is 3. The van der Waals surface area contributed by atoms with Gasteiger partial charge in [0.25, 0.3) is 5.91 Å². The summed E-state index contributed by atoms with van der Waals surface area (Å²) >= 11 is 0. The van der Waals surface area contributed by atoms with Gasteiger partial charge in [-0.3, -0.25) is 9.59 Å². The smallest absolute Gasteiger partial charge is 0.251 e. The molecule has 0 unspecified atom stereocenters. The Morgan fingerprint density at radius 1 is 1.00 bits per heavy atom. The van der Waals surface area contributed by atoms with Crippen LogP contribution in [0.25, 0.3) is 0 Å². The number of hydrogen-bond donors (Lipinski definition) is 3. The Kier molecular flexibility index (Phi) is 5.36. The number of carbonyl (C=O) groups excluding carboxylic acids is 2. The summed E-state index contributed by atoms with van der Waals surface area (Å²) in [7, 11) is 1.58. The molecule has 0 saturated heterocycles. The van der Waals surface area contributed by atoms with Crippen molar-refractivity contribution in [1.82, 2.24) is 5.32 Å². The highest BCUT2D eigenvalue weighted by Gasteiger charge is 2.06. The predicted molar refractivity (Wildman–Crippen MR) is 92.9 cm³/mol. The van der Waals surface area contributed by atoms with E-state index in [-0.39, 0.29) is 18.4 Å². The van der Waals surface area contributed by atoms with Crippen LogP contribution in [0.3, 0.4) is 0 Å². The molecule has 0 saturated carbocycles. The molecule has 5 nitrogen and oxygen atoms in total. The maximum atomic E-state index is 12.0. The number of amides is 2. The number of benzene rings is 2. The third-order valence-corrected chi connectivity index (χ3v) is 3.70. The molecule has 0 aliphatic carbocycles. The molecular weight excluding hydrogens is 290 g/mol. The predicted octanol–water partition coefficient (Wildman–Crippen LogP) is 2.71. The SMILES string of the molecule is CNC(=O)c1ccc(NC(=O)CNc2cccc(C)c2C)cc1. The summed E-state index contributed by atoms with van der Waals surface area (Å²) in [5, 5.41) is 8.49. The highest BCUT2D eigenvalue weighted by atomic mass is 16.2. The van der Waals surface area contributed by atoms with Gasteiger partial charge in [-0.2, -0.15) is 0 Å². The maximum Gasteiger partial charge on any atom is 0.251 e. The first-order valence-corrected chi connectivity index (χ1v) is 7.43. The number of aryl methyl sites for hydroxylation is 1. The van der Waals surface area contributed by atoms with Gasteiger partial charge >= 0.3 is 0 Å². The van der Waals surface area contributed by atoms with Crippen LogP contribution >= 0.6 is 0 Å². The van der Waals surface area contributed by atoms with Gasteiger partial charge in [-0.1, -0.05) is 12.1 Å². The van der Waals surface area contributed by atoms with E-state index in [4.69, 9.17) is 0 Å². The Hall–Kier alpha value is -2.82. The van der Waals surface area contributed by atoms with E-state index in [1.54, 1.807) is 31.3 Å². The minimum absolute atomic E-state index is 0.140. The highest BCUT2D eigenvalue weighted by Crippen LogP contribution is 2.17. The lowest BCUT2D eigenvalue weighted by Crippen LogP contribution is -2.22. The molecule has 0 radical (unpaired) electrons. The second-order valence-electron chi connectivity index (χ2n) is 5.31. The summed E-state index contributed by atoms with van der Waals surface area (Å²) in [5.74, 6) is -0.293. The van der Waals surface area contributed by atoms with Crippen LogP contribution < -0.4 is 16.0 Å². The molecule has 0 aliphatic heterocycles. The molecule has 0 aromatic heterocycles. The summed E-state index contributed by atoms with van der Waals surface area (Å²) in [6, 6.07) is 12.7. The van der Waals surface area contributed by atoms with Crippen molar-refractivity contribution in [2.75, 3.05) is 24.2 Å². The Balaban J connectivity index is 1.92. The molecule has 0 atom stereocenters. The number of rotatable bonds is 5. The van der Waals surface area contributed by atoms with Gasteiger partial charge < -0.3 is 16.0 Å². The van der Waals surface area contributed by atoms with Crippen molar-refractivity contribution < 1.29 is 9.59 Å². The minimum atomic E-state index is -0.153. The Labute approximate surface area is 136 Å². The lowest BCUT2D eigenvalue weighted by Gasteiger charge is -2.11. The molecule has 5 heteroatoms. The molecule has 120 valence electrons. The van der Waals surface area contributed by atoms with Crippen molar-refractivity contribution in [3.8, 4) is 0 Å². The molecule has 2 rings (SSSR count). The van der Waals surface area contributed by atoms with Gasteiger partial charge in [0.15, 0.2) is 0 Å². The van der Waals surface area contributed by atoms with Crippen LogP contribution in [-0.2, 0) is 4.79 Å². The highest BCUT2D eigenvalue weighted by molar-refractivity contribution is 5.96. The van der Waals surface area contributed by atoms with Gasteiger partial charge in [0, 0.05) is 24.0 Å². The van der Waals surface area contributed by atoms with Crippen LogP contribution in [0.5, 0.6) is 0 Å². The van der Waals surface area contributed by atoms with Crippen molar-refractivity contribution >= 4 is 23.2 Å². The molecule has 2 aromatic rings. The van der Waals surface area contributed by atoms with Crippen LogP contribution in [0.15, 0.2) is 42.5 Å². The monoisotopic (exact) mass is 311 g/mol. The average molecular weight is 311 g/mol. The van der Waals surface area contributed by atoms with Crippen molar-refractivity contribution in [3.63, 3.8) is 0 Å². The molecule has 0 spiro atoms. The number of hydrogen-bond acceptors (Lipinski definition) is 3. The van der Waals surface area contributed by atoms with Crippen molar-refractivity contribution in [3.05, 3.63) is 59.2 Å². The normalized spacial score (nSPS) is 10.0. The topological polar surface area (TPSA) is 70.2 Å². The third kappa shape index (κ3) is 4.32. The largest absolute Gasteiger partial charge is 0.376 e. The molecule has 2 amide bonds. The summed E-state index contributed by atoms with van der Waals surface area (Å²) in [4.78, 5) is 23.5. The maximum absolute atomic E-state index is 12.0. The van der Waals surface area contributed by atoms with Crippen LogP contribution in [0, 0.1) is 13.8 Å². The molecule has 0 aliphatic rings. The van der Waals surface area contributed by atoms with Gasteiger partial charge in [0.05, 0.1) is 6.54 Å². The van der Waals surface area contributed by atoms with E-state index >= 15 is 0 Å². The average Bonchev–Trinajstić information content (AvgIpc) is 2.56. The first-order valence-electron chi connectivity index (χ1n) is 7.43. The fourth-order valence-corrected chi connectivity index (χ4v) is 2.17. The second kappa shape index (κ2) is 7.45. The molecule has 23 heavy (non-hydrogen) atoms. The minimum Gasteiger partial charge on any atom is -0.376 e. The third-order valence-electron chi connectivity index (χ3n) is 3.70. The van der Waals surface area contributed by atoms with Crippen LogP contribution in [0.4, 0.5) is 11.4 Å². The van der Waals surface area contributed by atoms with Crippen molar-refractivity contribution in [2.24, 2.45) is 0 Å². The van der Waals surface area contributed by atoms with Gasteiger partial charge in [0.2, 0.25) is 5.91 Å². The lowest BCUT2D eigenvalue weighted by atomic mass is 10.1. The molecule has 0 bridgehead atoms. The Bertz CT molecular complexity index is 709. The van der Waals surface area contributed by atoms with Crippen LogP contribution in [0.2, 0.25) is 0 Å². The van der Waals surface area contributed by atoms with E-state index in [2.05, 4.69) is 16.0 Å². The van der Waals surface area contributed by atoms with E-state index in [9.17, 15) is 9.59 Å². The molecule has 3 N–H and O–H groups in total. The van der Waals surface area contributed by atoms with E-state index in [0.29, 0.717) is 11.3 Å². The van der Waals surface area contributed by atoms with Gasteiger partial charge in [-0.15, -0.1) is 0 Å². The Morgan fingerprint density at radius 3 is 2.35 bits per heavy atom. The zero-order valence-electron chi connectivity index (χ0n) is 13.6. The summed E-state index contributed by atoms with van der Waals surface area (Å²) in [5.41, 5.74) is 4.48. The zero-order chi connectivity index (χ0) is 16.8. The Morgan fingerprint density at radius 2 is 1.70 bits per heavy atom. The lowest BCUT2D eigenvalue weighted by molar-refractivity contribution is -0.114.